The molecule has 0 bridgehead atoms. The van der Waals surface area contributed by atoms with E-state index in [0.29, 0.717) is 0 Å². The van der Waals surface area contributed by atoms with Crippen LogP contribution >= 0.6 is 11.3 Å². The Morgan fingerprint density at radius 2 is 0.707 bits per heavy atom. The van der Waals surface area contributed by atoms with E-state index >= 15 is 0 Å². The molecule has 11 rings (SSSR count). The Morgan fingerprint density at radius 3 is 1.31 bits per heavy atom. The van der Waals surface area contributed by atoms with Gasteiger partial charge >= 0.3 is 0 Å². The molecule has 0 aliphatic rings. The third-order valence-electron chi connectivity index (χ3n) is 11.4. The molecule has 0 aliphatic heterocycles. The number of nitrogens with zero attached hydrogens (tertiary/aromatic N) is 1. The van der Waals surface area contributed by atoms with Crippen molar-refractivity contribution in [2.75, 3.05) is 4.90 Å². The van der Waals surface area contributed by atoms with Gasteiger partial charge in [-0.2, -0.15) is 0 Å². The standard InChI is InChI=1S/C56H37NS/c1-5-18-38(19-6-1)44-29-17-30-45(39-20-7-2-8-21-39)56(44)57(43-33-35-53-50(36-43)48-27-15-16-31-52(48)58-53)42-32-34-47-46-26-13-14-28-49(46)54(40-22-9-3-10-23-40)55(51(47)37-42)41-24-11-4-12-25-41/h1-37H. The molecule has 2 heteroatoms. The van der Waals surface area contributed by atoms with Crippen molar-refractivity contribution < 1.29 is 0 Å². The Labute approximate surface area is 342 Å². The summed E-state index contributed by atoms with van der Waals surface area (Å²) >= 11 is 1.86. The van der Waals surface area contributed by atoms with Crippen molar-refractivity contribution in [3.63, 3.8) is 0 Å². The van der Waals surface area contributed by atoms with Crippen LogP contribution in [0.5, 0.6) is 0 Å². The van der Waals surface area contributed by atoms with E-state index in [0.717, 1.165) is 17.1 Å². The summed E-state index contributed by atoms with van der Waals surface area (Å²) in [4.78, 5) is 2.52. The van der Waals surface area contributed by atoms with Crippen molar-refractivity contribution in [1.82, 2.24) is 0 Å². The zero-order valence-electron chi connectivity index (χ0n) is 31.7. The first-order chi connectivity index (χ1) is 28.8. The van der Waals surface area contributed by atoms with Gasteiger partial charge in [0.15, 0.2) is 0 Å². The first-order valence-corrected chi connectivity index (χ1v) is 20.7. The molecule has 0 radical (unpaired) electrons. The lowest BCUT2D eigenvalue weighted by Gasteiger charge is -2.31. The fourth-order valence-electron chi connectivity index (χ4n) is 8.87. The maximum Gasteiger partial charge on any atom is 0.0618 e. The quantitative estimate of drug-likeness (QED) is 0.146. The average molecular weight is 756 g/mol. The molecule has 11 aromatic rings. The molecule has 0 fully saturated rings. The van der Waals surface area contributed by atoms with Gasteiger partial charge in [0.2, 0.25) is 0 Å². The summed E-state index contributed by atoms with van der Waals surface area (Å²) in [6.07, 6.45) is 0. The van der Waals surface area contributed by atoms with Crippen molar-refractivity contribution in [2.45, 2.75) is 0 Å². The van der Waals surface area contributed by atoms with Gasteiger partial charge in [0.05, 0.1) is 5.69 Å². The first kappa shape index (κ1) is 34.0. The molecule has 0 atom stereocenters. The molecule has 0 aliphatic carbocycles. The van der Waals surface area contributed by atoms with E-state index in [1.807, 2.05) is 11.3 Å². The van der Waals surface area contributed by atoms with E-state index < -0.39 is 0 Å². The third kappa shape index (κ3) is 5.77. The SMILES string of the molecule is c1ccc(-c2cccc(-c3ccccc3)c2N(c2ccc3c(c2)c(-c2ccccc2)c(-c2ccccc2)c2ccccc23)c2ccc3sc4ccccc4c3c2)cc1. The molecule has 1 nitrogen and oxygen atoms in total. The van der Waals surface area contributed by atoms with Crippen LogP contribution < -0.4 is 4.90 Å². The molecule has 58 heavy (non-hydrogen) atoms. The van der Waals surface area contributed by atoms with Crippen LogP contribution in [0.2, 0.25) is 0 Å². The molecule has 0 saturated carbocycles. The van der Waals surface area contributed by atoms with Crippen LogP contribution in [0.3, 0.4) is 0 Å². The smallest absolute Gasteiger partial charge is 0.0618 e. The summed E-state index contributed by atoms with van der Waals surface area (Å²) in [6, 6.07) is 82.1. The minimum absolute atomic E-state index is 1.10. The van der Waals surface area contributed by atoms with Gasteiger partial charge in [-0.15, -0.1) is 11.3 Å². The van der Waals surface area contributed by atoms with Gasteiger partial charge in [-0.25, -0.2) is 0 Å². The molecule has 0 amide bonds. The summed E-state index contributed by atoms with van der Waals surface area (Å²) in [5.41, 5.74) is 12.9. The molecule has 0 N–H and O–H groups in total. The predicted molar refractivity (Wildman–Crippen MR) is 251 cm³/mol. The first-order valence-electron chi connectivity index (χ1n) is 19.8. The van der Waals surface area contributed by atoms with Crippen LogP contribution in [0.15, 0.2) is 224 Å². The van der Waals surface area contributed by atoms with Gasteiger partial charge in [-0.3, -0.25) is 0 Å². The van der Waals surface area contributed by atoms with Gasteiger partial charge < -0.3 is 4.90 Å². The topological polar surface area (TPSA) is 3.24 Å². The Bertz CT molecular complexity index is 3200. The highest BCUT2D eigenvalue weighted by Gasteiger charge is 2.25. The lowest BCUT2D eigenvalue weighted by atomic mass is 9.84. The molecule has 0 saturated heterocycles. The van der Waals surface area contributed by atoms with E-state index in [4.69, 9.17) is 0 Å². The molecule has 1 heterocycles. The zero-order valence-corrected chi connectivity index (χ0v) is 32.5. The van der Waals surface area contributed by atoms with E-state index in [-0.39, 0.29) is 0 Å². The van der Waals surface area contributed by atoms with Crippen LogP contribution in [0.1, 0.15) is 0 Å². The van der Waals surface area contributed by atoms with Gasteiger partial charge in [-0.1, -0.05) is 188 Å². The second-order valence-corrected chi connectivity index (χ2v) is 15.9. The van der Waals surface area contributed by atoms with Crippen molar-refractivity contribution in [1.29, 1.82) is 0 Å². The number of thiophene rings is 1. The maximum absolute atomic E-state index is 2.52. The number of anilines is 3. The van der Waals surface area contributed by atoms with E-state index in [2.05, 4.69) is 229 Å². The van der Waals surface area contributed by atoms with Gasteiger partial charge in [0.25, 0.3) is 0 Å². The van der Waals surface area contributed by atoms with Crippen LogP contribution in [-0.2, 0) is 0 Å². The number of fused-ring (bicyclic) bond motifs is 6. The fourth-order valence-corrected chi connectivity index (χ4v) is 9.96. The third-order valence-corrected chi connectivity index (χ3v) is 12.6. The largest absolute Gasteiger partial charge is 0.309 e. The molecule has 1 aromatic heterocycles. The summed E-state index contributed by atoms with van der Waals surface area (Å²) in [5, 5.41) is 7.50. The molecular formula is C56H37NS. The Morgan fingerprint density at radius 1 is 0.276 bits per heavy atom. The van der Waals surface area contributed by atoms with Gasteiger partial charge in [0.1, 0.15) is 0 Å². The lowest BCUT2D eigenvalue weighted by Crippen LogP contribution is -2.13. The highest BCUT2D eigenvalue weighted by molar-refractivity contribution is 7.25. The highest BCUT2D eigenvalue weighted by atomic mass is 32.1. The minimum atomic E-state index is 1.10. The van der Waals surface area contributed by atoms with Crippen molar-refractivity contribution >= 4 is 70.1 Å². The Balaban J connectivity index is 1.28. The number of benzene rings is 10. The zero-order chi connectivity index (χ0) is 38.4. The van der Waals surface area contributed by atoms with Crippen molar-refractivity contribution in [3.8, 4) is 44.5 Å². The lowest BCUT2D eigenvalue weighted by molar-refractivity contribution is 1.29. The highest BCUT2D eigenvalue weighted by Crippen LogP contribution is 2.51. The van der Waals surface area contributed by atoms with Crippen LogP contribution in [-0.4, -0.2) is 0 Å². The van der Waals surface area contributed by atoms with E-state index in [1.54, 1.807) is 0 Å². The average Bonchev–Trinajstić information content (AvgIpc) is 3.68. The number of hydrogen-bond donors (Lipinski definition) is 0. The second kappa shape index (κ2) is 14.4. The van der Waals surface area contributed by atoms with Crippen molar-refractivity contribution in [3.05, 3.63) is 224 Å². The molecule has 0 unspecified atom stereocenters. The molecule has 10 aromatic carbocycles. The Hall–Kier alpha value is -7.26. The normalized spacial score (nSPS) is 11.4. The Kier molecular flexibility index (Phi) is 8.42. The van der Waals surface area contributed by atoms with E-state index in [1.165, 1.54) is 86.2 Å². The summed E-state index contributed by atoms with van der Waals surface area (Å²) in [6.45, 7) is 0. The van der Waals surface area contributed by atoms with Crippen molar-refractivity contribution in [2.24, 2.45) is 0 Å². The summed E-state index contributed by atoms with van der Waals surface area (Å²) < 4.78 is 2.59. The summed E-state index contributed by atoms with van der Waals surface area (Å²) in [5.74, 6) is 0. The van der Waals surface area contributed by atoms with Crippen LogP contribution in [0, 0.1) is 0 Å². The maximum atomic E-state index is 2.52. The number of para-hydroxylation sites is 1. The predicted octanol–water partition coefficient (Wildman–Crippen LogP) is 16.5. The monoisotopic (exact) mass is 755 g/mol. The fraction of sp³-hybridized carbons (Fsp3) is 0. The second-order valence-electron chi connectivity index (χ2n) is 14.8. The molecule has 272 valence electrons. The number of rotatable bonds is 7. The molecular weight excluding hydrogens is 719 g/mol. The summed E-state index contributed by atoms with van der Waals surface area (Å²) in [7, 11) is 0. The minimum Gasteiger partial charge on any atom is -0.309 e. The number of hydrogen-bond acceptors (Lipinski definition) is 2. The van der Waals surface area contributed by atoms with Crippen LogP contribution in [0.25, 0.3) is 86.2 Å². The van der Waals surface area contributed by atoms with E-state index in [9.17, 15) is 0 Å². The molecule has 0 spiro atoms. The van der Waals surface area contributed by atoms with Gasteiger partial charge in [-0.05, 0) is 91.3 Å². The van der Waals surface area contributed by atoms with Gasteiger partial charge in [0, 0.05) is 42.7 Å². The van der Waals surface area contributed by atoms with Crippen LogP contribution in [0.4, 0.5) is 17.1 Å².